The fourth-order valence-electron chi connectivity index (χ4n) is 3.16. The summed E-state index contributed by atoms with van der Waals surface area (Å²) in [5.41, 5.74) is 2.18. The molecular formula is C20H19Cl2N3O2. The van der Waals surface area contributed by atoms with E-state index >= 15 is 0 Å². The first-order valence-electron chi connectivity index (χ1n) is 8.84. The highest BCUT2D eigenvalue weighted by molar-refractivity contribution is 6.35. The second-order valence-corrected chi connectivity index (χ2v) is 7.71. The van der Waals surface area contributed by atoms with E-state index in [4.69, 9.17) is 27.6 Å². The molecule has 1 aliphatic carbocycles. The maximum Gasteiger partial charge on any atom is 0.255 e. The van der Waals surface area contributed by atoms with Gasteiger partial charge >= 0.3 is 0 Å². The van der Waals surface area contributed by atoms with Gasteiger partial charge in [0.15, 0.2) is 0 Å². The number of benzene rings is 1. The summed E-state index contributed by atoms with van der Waals surface area (Å²) >= 11 is 12.4. The van der Waals surface area contributed by atoms with Crippen LogP contribution in [-0.2, 0) is 0 Å². The zero-order valence-corrected chi connectivity index (χ0v) is 16.5. The van der Waals surface area contributed by atoms with Crippen LogP contribution in [0.15, 0.2) is 40.9 Å². The Bertz CT molecular complexity index is 1000. The molecule has 1 fully saturated rings. The predicted octanol–water partition coefficient (Wildman–Crippen LogP) is 5.45. The van der Waals surface area contributed by atoms with Crippen molar-refractivity contribution in [3.05, 3.63) is 69.4 Å². The van der Waals surface area contributed by atoms with Gasteiger partial charge in [-0.1, -0.05) is 23.2 Å². The summed E-state index contributed by atoms with van der Waals surface area (Å²) in [6.07, 6.45) is 3.67. The molecule has 3 aromatic rings. The van der Waals surface area contributed by atoms with E-state index in [9.17, 15) is 4.79 Å². The maximum atomic E-state index is 12.9. The van der Waals surface area contributed by atoms with E-state index in [1.54, 1.807) is 23.0 Å². The highest BCUT2D eigenvalue weighted by Crippen LogP contribution is 2.43. The quantitative estimate of drug-likeness (QED) is 0.615. The van der Waals surface area contributed by atoms with Crippen LogP contribution < -0.4 is 5.32 Å². The van der Waals surface area contributed by atoms with Crippen molar-refractivity contribution in [3.8, 4) is 5.69 Å². The molecule has 2 aromatic heterocycles. The largest absolute Gasteiger partial charge is 0.464 e. The fraction of sp³-hybridized carbons (Fsp3) is 0.300. The molecule has 2 heterocycles. The van der Waals surface area contributed by atoms with E-state index in [2.05, 4.69) is 10.4 Å². The lowest BCUT2D eigenvalue weighted by Crippen LogP contribution is -2.27. The van der Waals surface area contributed by atoms with Crippen molar-refractivity contribution in [2.24, 2.45) is 0 Å². The summed E-state index contributed by atoms with van der Waals surface area (Å²) in [7, 11) is 0. The van der Waals surface area contributed by atoms with Crippen LogP contribution in [0, 0.1) is 6.92 Å². The number of hydrogen-bond acceptors (Lipinski definition) is 3. The third-order valence-electron chi connectivity index (χ3n) is 4.69. The van der Waals surface area contributed by atoms with Gasteiger partial charge in [0.25, 0.3) is 5.91 Å². The Hall–Kier alpha value is -2.24. The molecule has 27 heavy (non-hydrogen) atoms. The average molecular weight is 404 g/mol. The normalized spacial score (nSPS) is 15.0. The van der Waals surface area contributed by atoms with Crippen LogP contribution >= 0.6 is 23.2 Å². The number of aromatic nitrogens is 2. The van der Waals surface area contributed by atoms with Crippen molar-refractivity contribution in [3.63, 3.8) is 0 Å². The van der Waals surface area contributed by atoms with Crippen molar-refractivity contribution in [2.45, 2.75) is 38.6 Å². The number of hydrogen-bond donors (Lipinski definition) is 1. The van der Waals surface area contributed by atoms with Crippen LogP contribution in [0.1, 0.15) is 59.3 Å². The van der Waals surface area contributed by atoms with Gasteiger partial charge in [0.05, 0.1) is 34.2 Å². The van der Waals surface area contributed by atoms with Gasteiger partial charge in [0.2, 0.25) is 0 Å². The Morgan fingerprint density at radius 3 is 2.70 bits per heavy atom. The minimum Gasteiger partial charge on any atom is -0.464 e. The summed E-state index contributed by atoms with van der Waals surface area (Å²) in [5.74, 6) is 1.67. The van der Waals surface area contributed by atoms with Gasteiger partial charge in [-0.2, -0.15) is 5.10 Å². The molecule has 140 valence electrons. The van der Waals surface area contributed by atoms with E-state index in [-0.39, 0.29) is 11.9 Å². The third kappa shape index (κ3) is 3.62. The monoisotopic (exact) mass is 403 g/mol. The van der Waals surface area contributed by atoms with Crippen LogP contribution in [-0.4, -0.2) is 15.7 Å². The average Bonchev–Trinajstić information content (AvgIpc) is 3.20. The smallest absolute Gasteiger partial charge is 0.255 e. The molecule has 5 nitrogen and oxygen atoms in total. The zero-order chi connectivity index (χ0) is 19.1. The molecule has 0 saturated heterocycles. The first-order chi connectivity index (χ1) is 12.9. The van der Waals surface area contributed by atoms with E-state index in [0.29, 0.717) is 21.5 Å². The van der Waals surface area contributed by atoms with Crippen LogP contribution in [0.2, 0.25) is 10.0 Å². The Morgan fingerprint density at radius 1 is 1.30 bits per heavy atom. The summed E-state index contributed by atoms with van der Waals surface area (Å²) in [4.78, 5) is 12.9. The number of nitrogens with one attached hydrogen (secondary N) is 1. The van der Waals surface area contributed by atoms with Gasteiger partial charge in [-0.15, -0.1) is 0 Å². The SMILES string of the molecule is Cc1ccc(C(C)NC(=O)c2cnn(-c3ccc(Cl)cc3Cl)c2C2CC2)o1. The molecule has 1 unspecified atom stereocenters. The molecule has 1 N–H and O–H groups in total. The minimum atomic E-state index is -0.235. The second kappa shape index (κ2) is 7.06. The maximum absolute atomic E-state index is 12.9. The summed E-state index contributed by atoms with van der Waals surface area (Å²) < 4.78 is 7.36. The highest BCUT2D eigenvalue weighted by atomic mass is 35.5. The molecule has 0 radical (unpaired) electrons. The lowest BCUT2D eigenvalue weighted by atomic mass is 10.1. The molecule has 1 aliphatic rings. The van der Waals surface area contributed by atoms with Gasteiger partial charge < -0.3 is 9.73 Å². The summed E-state index contributed by atoms with van der Waals surface area (Å²) in [6, 6.07) is 8.79. The molecule has 0 aliphatic heterocycles. The number of carbonyl (C=O) groups is 1. The zero-order valence-electron chi connectivity index (χ0n) is 15.0. The van der Waals surface area contributed by atoms with Gasteiger partial charge in [-0.25, -0.2) is 4.68 Å². The number of nitrogens with zero attached hydrogens (tertiary/aromatic N) is 2. The van der Waals surface area contributed by atoms with Crippen LogP contribution in [0.5, 0.6) is 0 Å². The van der Waals surface area contributed by atoms with Crippen molar-refractivity contribution in [1.82, 2.24) is 15.1 Å². The van der Waals surface area contributed by atoms with E-state index in [0.717, 1.165) is 35.7 Å². The van der Waals surface area contributed by atoms with Crippen molar-refractivity contribution >= 4 is 29.1 Å². The highest BCUT2D eigenvalue weighted by Gasteiger charge is 2.33. The van der Waals surface area contributed by atoms with Gasteiger partial charge in [-0.3, -0.25) is 4.79 Å². The number of aryl methyl sites for hydroxylation is 1. The molecule has 4 rings (SSSR count). The van der Waals surface area contributed by atoms with Crippen molar-refractivity contribution < 1.29 is 9.21 Å². The Morgan fingerprint density at radius 2 is 2.07 bits per heavy atom. The molecule has 0 spiro atoms. The van der Waals surface area contributed by atoms with Gasteiger partial charge in [-0.05, 0) is 57.0 Å². The molecule has 1 saturated carbocycles. The Kier molecular flexibility index (Phi) is 4.74. The fourth-order valence-corrected chi connectivity index (χ4v) is 3.65. The van der Waals surface area contributed by atoms with Crippen molar-refractivity contribution in [1.29, 1.82) is 0 Å². The molecule has 1 atom stereocenters. The summed E-state index contributed by atoms with van der Waals surface area (Å²) in [6.45, 7) is 3.77. The van der Waals surface area contributed by atoms with Crippen LogP contribution in [0.3, 0.4) is 0 Å². The van der Waals surface area contributed by atoms with Crippen LogP contribution in [0.4, 0.5) is 0 Å². The molecule has 1 aromatic carbocycles. The standard InChI is InChI=1S/C20H19Cl2N3O2/c1-11-3-8-18(27-11)12(2)24-20(26)15-10-23-25(19(15)13-4-5-13)17-7-6-14(21)9-16(17)22/h3,6-10,12-13H,4-5H2,1-2H3,(H,24,26). The molecule has 0 bridgehead atoms. The lowest BCUT2D eigenvalue weighted by Gasteiger charge is -2.13. The molecule has 7 heteroatoms. The lowest BCUT2D eigenvalue weighted by molar-refractivity contribution is 0.0934. The van der Waals surface area contributed by atoms with E-state index in [1.165, 1.54) is 0 Å². The topological polar surface area (TPSA) is 60.1 Å². The van der Waals surface area contributed by atoms with Gasteiger partial charge in [0.1, 0.15) is 11.5 Å². The minimum absolute atomic E-state index is 0.171. The number of halogens is 2. The molecular weight excluding hydrogens is 385 g/mol. The predicted molar refractivity (Wildman–Crippen MR) is 105 cm³/mol. The number of amides is 1. The Labute approximate surface area is 167 Å². The Balaban J connectivity index is 1.65. The number of carbonyl (C=O) groups excluding carboxylic acids is 1. The molecule has 1 amide bonds. The van der Waals surface area contributed by atoms with E-state index in [1.807, 2.05) is 32.0 Å². The third-order valence-corrected chi connectivity index (χ3v) is 5.23. The summed E-state index contributed by atoms with van der Waals surface area (Å²) in [5, 5.41) is 8.50. The van der Waals surface area contributed by atoms with Crippen molar-refractivity contribution in [2.75, 3.05) is 0 Å². The number of furan rings is 1. The first-order valence-corrected chi connectivity index (χ1v) is 9.60. The van der Waals surface area contributed by atoms with Gasteiger partial charge in [0, 0.05) is 10.9 Å². The van der Waals surface area contributed by atoms with E-state index < -0.39 is 0 Å². The second-order valence-electron chi connectivity index (χ2n) is 6.87. The van der Waals surface area contributed by atoms with Crippen LogP contribution in [0.25, 0.3) is 5.69 Å². The first kappa shape index (κ1) is 18.1. The number of rotatable bonds is 5.